The second-order valence-electron chi connectivity index (χ2n) is 3.42. The molecule has 0 radical (unpaired) electrons. The van der Waals surface area contributed by atoms with Gasteiger partial charge in [0, 0.05) is 19.8 Å². The lowest BCUT2D eigenvalue weighted by molar-refractivity contribution is 0.897. The minimum absolute atomic E-state index is 0.859. The van der Waals surface area contributed by atoms with E-state index in [0.29, 0.717) is 0 Å². The Morgan fingerprint density at radius 2 is 2.25 bits per heavy atom. The van der Waals surface area contributed by atoms with Crippen molar-refractivity contribution in [3.8, 4) is 0 Å². The molecule has 0 aliphatic rings. The molecular formula is C11H10Br2N2S. The largest absolute Gasteiger partial charge is 0.354 e. The highest BCUT2D eigenvalue weighted by atomic mass is 79.9. The average Bonchev–Trinajstić information content (AvgIpc) is 2.64. The third-order valence-corrected chi connectivity index (χ3v) is 4.31. The van der Waals surface area contributed by atoms with E-state index in [1.807, 2.05) is 19.2 Å². The summed E-state index contributed by atoms with van der Waals surface area (Å²) in [6.45, 7) is 0.859. The fourth-order valence-electron chi connectivity index (χ4n) is 1.44. The number of hydrogen-bond donors (Lipinski definition) is 0. The van der Waals surface area contributed by atoms with Crippen LogP contribution in [0.15, 0.2) is 38.0 Å². The first-order valence-corrected chi connectivity index (χ1v) is 7.18. The van der Waals surface area contributed by atoms with Gasteiger partial charge in [-0.1, -0.05) is 0 Å². The summed E-state index contributed by atoms with van der Waals surface area (Å²) < 4.78 is 2.18. The zero-order chi connectivity index (χ0) is 11.5. The summed E-state index contributed by atoms with van der Waals surface area (Å²) in [4.78, 5) is 6.48. The van der Waals surface area contributed by atoms with Crippen molar-refractivity contribution in [3.05, 3.63) is 43.6 Å². The van der Waals surface area contributed by atoms with Gasteiger partial charge in [-0.05, 0) is 61.0 Å². The van der Waals surface area contributed by atoms with Crippen molar-refractivity contribution in [2.24, 2.45) is 0 Å². The highest BCUT2D eigenvalue weighted by Crippen LogP contribution is 2.26. The molecule has 0 saturated heterocycles. The monoisotopic (exact) mass is 360 g/mol. The maximum atomic E-state index is 4.35. The van der Waals surface area contributed by atoms with Crippen LogP contribution in [0.2, 0.25) is 0 Å². The van der Waals surface area contributed by atoms with E-state index in [1.165, 1.54) is 5.56 Å². The molecule has 84 valence electrons. The summed E-state index contributed by atoms with van der Waals surface area (Å²) in [6.07, 6.45) is 1.81. The highest BCUT2D eigenvalue weighted by molar-refractivity contribution is 9.11. The Bertz CT molecular complexity index is 484. The third kappa shape index (κ3) is 2.84. The number of aromatic nitrogens is 1. The van der Waals surface area contributed by atoms with Gasteiger partial charge in [0.15, 0.2) is 0 Å². The maximum Gasteiger partial charge on any atom is 0.142 e. The van der Waals surface area contributed by atoms with Crippen molar-refractivity contribution in [3.63, 3.8) is 0 Å². The van der Waals surface area contributed by atoms with Crippen molar-refractivity contribution in [2.75, 3.05) is 11.9 Å². The molecule has 0 atom stereocenters. The zero-order valence-corrected chi connectivity index (χ0v) is 12.6. The number of rotatable bonds is 3. The van der Waals surface area contributed by atoms with Crippen LogP contribution in [0.4, 0.5) is 5.82 Å². The van der Waals surface area contributed by atoms with Gasteiger partial charge in [0.05, 0.1) is 8.26 Å². The molecule has 0 aromatic carbocycles. The minimum Gasteiger partial charge on any atom is -0.354 e. The van der Waals surface area contributed by atoms with E-state index in [4.69, 9.17) is 0 Å². The molecule has 0 bridgehead atoms. The number of hydrogen-bond acceptors (Lipinski definition) is 3. The Labute approximate surface area is 116 Å². The van der Waals surface area contributed by atoms with Crippen LogP contribution in [-0.4, -0.2) is 12.0 Å². The van der Waals surface area contributed by atoms with E-state index in [1.54, 1.807) is 17.5 Å². The molecule has 16 heavy (non-hydrogen) atoms. The fraction of sp³-hybridized carbons (Fsp3) is 0.182. The Kier molecular flexibility index (Phi) is 4.00. The quantitative estimate of drug-likeness (QED) is 0.809. The first-order chi connectivity index (χ1) is 7.66. The number of anilines is 1. The Balaban J connectivity index is 2.14. The first-order valence-electron chi connectivity index (χ1n) is 4.71. The van der Waals surface area contributed by atoms with Crippen LogP contribution in [0.25, 0.3) is 0 Å². The molecule has 0 aliphatic heterocycles. The second kappa shape index (κ2) is 5.29. The van der Waals surface area contributed by atoms with Gasteiger partial charge in [-0.15, -0.1) is 11.3 Å². The molecule has 0 unspecified atom stereocenters. The first kappa shape index (κ1) is 12.1. The van der Waals surface area contributed by atoms with Crippen LogP contribution in [0, 0.1) is 0 Å². The normalized spacial score (nSPS) is 10.4. The van der Waals surface area contributed by atoms with Gasteiger partial charge in [-0.3, -0.25) is 0 Å². The molecule has 0 N–H and O–H groups in total. The van der Waals surface area contributed by atoms with Gasteiger partial charge in [-0.25, -0.2) is 4.98 Å². The SMILES string of the molecule is CN(Cc1csc(Br)c1)c1ncccc1Br. The molecule has 2 aromatic heterocycles. The number of halogens is 2. The maximum absolute atomic E-state index is 4.35. The van der Waals surface area contributed by atoms with Crippen LogP contribution < -0.4 is 4.90 Å². The van der Waals surface area contributed by atoms with E-state index in [9.17, 15) is 0 Å². The summed E-state index contributed by atoms with van der Waals surface area (Å²) in [6, 6.07) is 6.06. The minimum atomic E-state index is 0.859. The molecule has 2 rings (SSSR count). The van der Waals surface area contributed by atoms with Crippen molar-refractivity contribution in [2.45, 2.75) is 6.54 Å². The smallest absolute Gasteiger partial charge is 0.142 e. The fourth-order valence-corrected chi connectivity index (χ4v) is 3.19. The van der Waals surface area contributed by atoms with Crippen molar-refractivity contribution in [1.29, 1.82) is 0 Å². The van der Waals surface area contributed by atoms with E-state index in [0.717, 1.165) is 20.6 Å². The highest BCUT2D eigenvalue weighted by Gasteiger charge is 2.07. The molecule has 0 amide bonds. The zero-order valence-electron chi connectivity index (χ0n) is 8.65. The topological polar surface area (TPSA) is 16.1 Å². The van der Waals surface area contributed by atoms with Gasteiger partial charge in [-0.2, -0.15) is 0 Å². The van der Waals surface area contributed by atoms with Crippen LogP contribution in [0.5, 0.6) is 0 Å². The van der Waals surface area contributed by atoms with Crippen molar-refractivity contribution >= 4 is 49.0 Å². The number of nitrogens with zero attached hydrogens (tertiary/aromatic N) is 2. The summed E-state index contributed by atoms with van der Waals surface area (Å²) >= 11 is 8.68. The van der Waals surface area contributed by atoms with Gasteiger partial charge in [0.1, 0.15) is 5.82 Å². The standard InChI is InChI=1S/C11H10Br2N2S/c1-15(6-8-5-10(13)16-7-8)11-9(12)3-2-4-14-11/h2-5,7H,6H2,1H3. The van der Waals surface area contributed by atoms with Crippen LogP contribution in [-0.2, 0) is 6.54 Å². The van der Waals surface area contributed by atoms with E-state index >= 15 is 0 Å². The predicted molar refractivity (Wildman–Crippen MR) is 76.1 cm³/mol. The number of thiophene rings is 1. The van der Waals surface area contributed by atoms with Gasteiger partial charge >= 0.3 is 0 Å². The van der Waals surface area contributed by atoms with Crippen LogP contribution >= 0.6 is 43.2 Å². The molecule has 5 heteroatoms. The lowest BCUT2D eigenvalue weighted by Gasteiger charge is -2.18. The summed E-state index contributed by atoms with van der Waals surface area (Å²) in [5.74, 6) is 0.963. The Hall–Kier alpha value is -0.390. The summed E-state index contributed by atoms with van der Waals surface area (Å²) in [5, 5.41) is 2.15. The predicted octanol–water partition coefficient (Wildman–Crippen LogP) is 4.30. The molecule has 0 spiro atoms. The van der Waals surface area contributed by atoms with Gasteiger partial charge in [0.25, 0.3) is 0 Å². The molecule has 0 fully saturated rings. The Morgan fingerprint density at radius 3 is 2.88 bits per heavy atom. The van der Waals surface area contributed by atoms with Gasteiger partial charge < -0.3 is 4.90 Å². The second-order valence-corrected chi connectivity index (χ2v) is 6.57. The third-order valence-electron chi connectivity index (χ3n) is 2.14. The lowest BCUT2D eigenvalue weighted by atomic mass is 10.3. The molecule has 0 saturated carbocycles. The van der Waals surface area contributed by atoms with Crippen molar-refractivity contribution < 1.29 is 0 Å². The summed E-state index contributed by atoms with van der Waals surface area (Å²) in [5.41, 5.74) is 1.29. The lowest BCUT2D eigenvalue weighted by Crippen LogP contribution is -2.17. The van der Waals surface area contributed by atoms with Gasteiger partial charge in [0.2, 0.25) is 0 Å². The molecule has 2 nitrogen and oxygen atoms in total. The van der Waals surface area contributed by atoms with Crippen molar-refractivity contribution in [1.82, 2.24) is 4.98 Å². The van der Waals surface area contributed by atoms with Crippen LogP contribution in [0.3, 0.4) is 0 Å². The average molecular weight is 362 g/mol. The summed E-state index contributed by atoms with van der Waals surface area (Å²) in [7, 11) is 2.04. The van der Waals surface area contributed by atoms with Crippen LogP contribution in [0.1, 0.15) is 5.56 Å². The Morgan fingerprint density at radius 1 is 1.44 bits per heavy atom. The molecule has 0 aliphatic carbocycles. The van der Waals surface area contributed by atoms with E-state index in [-0.39, 0.29) is 0 Å². The molecular weight excluding hydrogens is 352 g/mol. The number of pyridine rings is 1. The molecule has 2 aromatic rings. The molecule has 2 heterocycles. The van der Waals surface area contributed by atoms with E-state index < -0.39 is 0 Å². The van der Waals surface area contributed by atoms with E-state index in [2.05, 4.69) is 53.2 Å².